The molecule has 1 heterocycles. The number of rotatable bonds is 1. The summed E-state index contributed by atoms with van der Waals surface area (Å²) in [6.07, 6.45) is 1.52. The summed E-state index contributed by atoms with van der Waals surface area (Å²) in [5.74, 6) is -0.514. The number of aromatic nitrogens is 2. The highest BCUT2D eigenvalue weighted by molar-refractivity contribution is 6.32. The van der Waals surface area contributed by atoms with Crippen molar-refractivity contribution in [1.29, 1.82) is 0 Å². The van der Waals surface area contributed by atoms with Crippen molar-refractivity contribution < 1.29 is 4.39 Å². The Morgan fingerprint density at radius 1 is 1.23 bits per heavy atom. The molecule has 2 aromatic rings. The molecule has 1 aromatic heterocycles. The minimum absolute atomic E-state index is 0.514. The topological polar surface area (TPSA) is 17.8 Å². The number of halogens is 2. The van der Waals surface area contributed by atoms with Gasteiger partial charge in [0.1, 0.15) is 0 Å². The van der Waals surface area contributed by atoms with Gasteiger partial charge in [-0.1, -0.05) is 23.7 Å². The molecule has 0 aliphatic rings. The monoisotopic (exact) mass is 196 g/mol. The fourth-order valence-corrected chi connectivity index (χ4v) is 1.30. The molecule has 0 radical (unpaired) electrons. The summed E-state index contributed by atoms with van der Waals surface area (Å²) in [6.45, 7) is 0. The molecule has 0 aliphatic heterocycles. The predicted octanol–water partition coefficient (Wildman–Crippen LogP) is 2.66. The van der Waals surface area contributed by atoms with Crippen LogP contribution >= 0.6 is 11.6 Å². The largest absolute Gasteiger partial charge is 0.237 e. The lowest BCUT2D eigenvalue weighted by atomic mass is 10.3. The molecule has 13 heavy (non-hydrogen) atoms. The first-order valence-corrected chi connectivity index (χ1v) is 4.11. The SMILES string of the molecule is Fc1ccn(-c2ccccc2Cl)n1. The lowest BCUT2D eigenvalue weighted by Gasteiger charge is -2.01. The maximum atomic E-state index is 12.6. The van der Waals surface area contributed by atoms with Crippen molar-refractivity contribution >= 4 is 11.6 Å². The molecule has 0 spiro atoms. The van der Waals surface area contributed by atoms with Crippen LogP contribution in [0.1, 0.15) is 0 Å². The van der Waals surface area contributed by atoms with Gasteiger partial charge in [0, 0.05) is 12.3 Å². The van der Waals surface area contributed by atoms with Crippen LogP contribution in [0.4, 0.5) is 4.39 Å². The van der Waals surface area contributed by atoms with Crippen molar-refractivity contribution in [3.05, 3.63) is 47.5 Å². The van der Waals surface area contributed by atoms with E-state index in [4.69, 9.17) is 11.6 Å². The smallest absolute Gasteiger partial charge is 0.233 e. The maximum Gasteiger partial charge on any atom is 0.233 e. The van der Waals surface area contributed by atoms with Gasteiger partial charge in [-0.3, -0.25) is 0 Å². The molecule has 0 saturated carbocycles. The summed E-state index contributed by atoms with van der Waals surface area (Å²) in [7, 11) is 0. The van der Waals surface area contributed by atoms with E-state index in [0.717, 1.165) is 0 Å². The van der Waals surface area contributed by atoms with Crippen molar-refractivity contribution in [2.45, 2.75) is 0 Å². The zero-order valence-corrected chi connectivity index (χ0v) is 7.37. The molecule has 1 aromatic carbocycles. The van der Waals surface area contributed by atoms with Crippen molar-refractivity contribution in [1.82, 2.24) is 9.78 Å². The van der Waals surface area contributed by atoms with Crippen LogP contribution in [-0.4, -0.2) is 9.78 Å². The van der Waals surface area contributed by atoms with Crippen molar-refractivity contribution in [3.63, 3.8) is 0 Å². The molecule has 2 rings (SSSR count). The van der Waals surface area contributed by atoms with Crippen LogP contribution in [0.15, 0.2) is 36.5 Å². The van der Waals surface area contributed by atoms with E-state index < -0.39 is 5.95 Å². The molecule has 66 valence electrons. The van der Waals surface area contributed by atoms with Crippen LogP contribution < -0.4 is 0 Å². The molecular weight excluding hydrogens is 191 g/mol. The first-order chi connectivity index (χ1) is 6.27. The van der Waals surface area contributed by atoms with Crippen LogP contribution in [0.5, 0.6) is 0 Å². The molecule has 0 fully saturated rings. The lowest BCUT2D eigenvalue weighted by Crippen LogP contribution is -1.95. The van der Waals surface area contributed by atoms with Crippen molar-refractivity contribution in [3.8, 4) is 5.69 Å². The summed E-state index contributed by atoms with van der Waals surface area (Å²) in [5.41, 5.74) is 0.674. The summed E-state index contributed by atoms with van der Waals surface area (Å²) in [6, 6.07) is 8.42. The van der Waals surface area contributed by atoms with E-state index in [9.17, 15) is 4.39 Å². The standard InChI is InChI=1S/C9H6ClFN2/c10-7-3-1-2-4-8(7)13-6-5-9(11)12-13/h1-6H. The van der Waals surface area contributed by atoms with Gasteiger partial charge in [-0.05, 0) is 12.1 Å². The highest BCUT2D eigenvalue weighted by Gasteiger charge is 2.02. The third-order valence-corrected chi connectivity index (χ3v) is 1.98. The second-order valence-electron chi connectivity index (χ2n) is 2.53. The first-order valence-electron chi connectivity index (χ1n) is 3.73. The van der Waals surface area contributed by atoms with Crippen molar-refractivity contribution in [2.75, 3.05) is 0 Å². The van der Waals surface area contributed by atoms with Gasteiger partial charge in [-0.2, -0.15) is 4.39 Å². The third-order valence-electron chi connectivity index (χ3n) is 1.66. The number of benzene rings is 1. The Morgan fingerprint density at radius 3 is 2.62 bits per heavy atom. The summed E-state index contributed by atoms with van der Waals surface area (Å²) in [4.78, 5) is 0. The lowest BCUT2D eigenvalue weighted by molar-refractivity contribution is 0.566. The minimum atomic E-state index is -0.514. The molecule has 4 heteroatoms. The van der Waals surface area contributed by atoms with E-state index in [0.29, 0.717) is 10.7 Å². The molecule has 0 unspecified atom stereocenters. The zero-order chi connectivity index (χ0) is 9.26. The zero-order valence-electron chi connectivity index (χ0n) is 6.61. The Labute approximate surface area is 79.6 Å². The van der Waals surface area contributed by atoms with Crippen LogP contribution in [0.25, 0.3) is 5.69 Å². The number of hydrogen-bond donors (Lipinski definition) is 0. The van der Waals surface area contributed by atoms with Crippen LogP contribution in [0.3, 0.4) is 0 Å². The van der Waals surface area contributed by atoms with Gasteiger partial charge >= 0.3 is 0 Å². The second kappa shape index (κ2) is 3.18. The van der Waals surface area contributed by atoms with Crippen LogP contribution in [0.2, 0.25) is 5.02 Å². The molecule has 0 saturated heterocycles. The van der Waals surface area contributed by atoms with E-state index in [1.54, 1.807) is 12.1 Å². The van der Waals surface area contributed by atoms with Gasteiger partial charge in [-0.15, -0.1) is 5.10 Å². The number of nitrogens with zero attached hydrogens (tertiary/aromatic N) is 2. The highest BCUT2D eigenvalue weighted by Crippen LogP contribution is 2.18. The number of hydrogen-bond acceptors (Lipinski definition) is 1. The quantitative estimate of drug-likeness (QED) is 0.686. The highest BCUT2D eigenvalue weighted by atomic mass is 35.5. The molecule has 2 nitrogen and oxygen atoms in total. The van der Waals surface area contributed by atoms with E-state index in [1.807, 2.05) is 12.1 Å². The molecule has 0 atom stereocenters. The fourth-order valence-electron chi connectivity index (χ4n) is 1.07. The van der Waals surface area contributed by atoms with Gasteiger partial charge in [0.25, 0.3) is 0 Å². The van der Waals surface area contributed by atoms with Crippen LogP contribution in [-0.2, 0) is 0 Å². The number of para-hydroxylation sites is 1. The normalized spacial score (nSPS) is 10.3. The van der Waals surface area contributed by atoms with Gasteiger partial charge in [-0.25, -0.2) is 4.68 Å². The van der Waals surface area contributed by atoms with E-state index in [-0.39, 0.29) is 0 Å². The van der Waals surface area contributed by atoms with E-state index >= 15 is 0 Å². The average molecular weight is 197 g/mol. The fraction of sp³-hybridized carbons (Fsp3) is 0. The van der Waals surface area contributed by atoms with E-state index in [1.165, 1.54) is 16.9 Å². The Hall–Kier alpha value is -1.35. The third kappa shape index (κ3) is 1.55. The molecule has 0 aliphatic carbocycles. The maximum absolute atomic E-state index is 12.6. The summed E-state index contributed by atoms with van der Waals surface area (Å²) < 4.78 is 14.0. The molecular formula is C9H6ClFN2. The van der Waals surface area contributed by atoms with Crippen LogP contribution in [0, 0.1) is 5.95 Å². The van der Waals surface area contributed by atoms with Gasteiger partial charge in [0.2, 0.25) is 5.95 Å². The van der Waals surface area contributed by atoms with Gasteiger partial charge in [0.05, 0.1) is 10.7 Å². The Kier molecular flexibility index (Phi) is 2.02. The first kappa shape index (κ1) is 8.26. The van der Waals surface area contributed by atoms with E-state index in [2.05, 4.69) is 5.10 Å². The predicted molar refractivity (Wildman–Crippen MR) is 48.5 cm³/mol. The molecule has 0 N–H and O–H groups in total. The molecule has 0 bridgehead atoms. The Balaban J connectivity index is 2.52. The van der Waals surface area contributed by atoms with Gasteiger partial charge in [0.15, 0.2) is 0 Å². The minimum Gasteiger partial charge on any atom is -0.237 e. The van der Waals surface area contributed by atoms with Gasteiger partial charge < -0.3 is 0 Å². The molecule has 0 amide bonds. The summed E-state index contributed by atoms with van der Waals surface area (Å²) in [5, 5.41) is 4.15. The Bertz CT molecular complexity index is 425. The second-order valence-corrected chi connectivity index (χ2v) is 2.94. The average Bonchev–Trinajstić information content (AvgIpc) is 2.53. The van der Waals surface area contributed by atoms with Crippen molar-refractivity contribution in [2.24, 2.45) is 0 Å². The summed E-state index contributed by atoms with van der Waals surface area (Å²) >= 11 is 5.88. The Morgan fingerprint density at radius 2 is 2.00 bits per heavy atom.